The van der Waals surface area contributed by atoms with Gasteiger partial charge in [0, 0.05) is 6.04 Å². The third-order valence-electron chi connectivity index (χ3n) is 3.01. The average Bonchev–Trinajstić information content (AvgIpc) is 2.35. The number of hydrogen-bond donors (Lipinski definition) is 2. The van der Waals surface area contributed by atoms with E-state index in [2.05, 4.69) is 18.3 Å². The molecule has 2 atom stereocenters. The van der Waals surface area contributed by atoms with Gasteiger partial charge in [0.2, 0.25) is 0 Å². The largest absolute Gasteiger partial charge is 0.496 e. The van der Waals surface area contributed by atoms with Gasteiger partial charge in [-0.1, -0.05) is 18.2 Å². The maximum Gasteiger partial charge on any atom is 0.122 e. The van der Waals surface area contributed by atoms with Crippen molar-refractivity contribution in [3.8, 4) is 5.75 Å². The summed E-state index contributed by atoms with van der Waals surface area (Å²) in [5.74, 6) is 0.954. The molecule has 0 bridgehead atoms. The van der Waals surface area contributed by atoms with Gasteiger partial charge in [-0.25, -0.2) is 0 Å². The van der Waals surface area contributed by atoms with Crippen molar-refractivity contribution < 1.29 is 9.84 Å². The van der Waals surface area contributed by atoms with Crippen molar-refractivity contribution in [2.75, 3.05) is 13.7 Å². The van der Waals surface area contributed by atoms with Gasteiger partial charge in [0.15, 0.2) is 0 Å². The van der Waals surface area contributed by atoms with Gasteiger partial charge < -0.3 is 15.2 Å². The number of nitrogens with one attached hydrogen (secondary N) is 1. The zero-order valence-corrected chi connectivity index (χ0v) is 11.6. The molecule has 18 heavy (non-hydrogen) atoms. The predicted octanol–water partition coefficient (Wildman–Crippen LogP) is 2.38. The van der Waals surface area contributed by atoms with Gasteiger partial charge in [-0.3, -0.25) is 0 Å². The smallest absolute Gasteiger partial charge is 0.122 e. The Balaban J connectivity index is 2.33. The average molecular weight is 251 g/mol. The zero-order chi connectivity index (χ0) is 13.4. The minimum absolute atomic E-state index is 0.198. The molecule has 0 amide bonds. The molecule has 0 spiro atoms. The number of aliphatic hydroxyl groups excluding tert-OH is 1. The Morgan fingerprint density at radius 3 is 2.67 bits per heavy atom. The van der Waals surface area contributed by atoms with Crippen LogP contribution in [0.4, 0.5) is 0 Å². The van der Waals surface area contributed by atoms with E-state index in [-0.39, 0.29) is 6.10 Å². The summed E-state index contributed by atoms with van der Waals surface area (Å²) < 4.78 is 5.34. The molecule has 0 saturated carbocycles. The number of ether oxygens (including phenoxy) is 1. The number of para-hydroxylation sites is 1. The molecule has 0 heterocycles. The lowest BCUT2D eigenvalue weighted by Crippen LogP contribution is -2.29. The first-order chi connectivity index (χ1) is 8.63. The molecule has 1 rings (SSSR count). The number of hydrogen-bond acceptors (Lipinski definition) is 3. The van der Waals surface area contributed by atoms with Crippen LogP contribution < -0.4 is 10.1 Å². The Bertz CT molecular complexity index is 339. The summed E-state index contributed by atoms with van der Waals surface area (Å²) in [4.78, 5) is 0. The molecule has 0 aromatic heterocycles. The van der Waals surface area contributed by atoms with Crippen LogP contribution >= 0.6 is 0 Å². The van der Waals surface area contributed by atoms with Crippen molar-refractivity contribution in [1.29, 1.82) is 0 Å². The van der Waals surface area contributed by atoms with E-state index in [9.17, 15) is 5.11 Å². The lowest BCUT2D eigenvalue weighted by atomic mass is 10.1. The number of aliphatic hydroxyl groups is 1. The van der Waals surface area contributed by atoms with Gasteiger partial charge in [-0.2, -0.15) is 0 Å². The summed E-state index contributed by atoms with van der Waals surface area (Å²) in [6.45, 7) is 4.95. The number of benzene rings is 1. The van der Waals surface area contributed by atoms with Gasteiger partial charge in [0.1, 0.15) is 5.75 Å². The van der Waals surface area contributed by atoms with E-state index >= 15 is 0 Å². The van der Waals surface area contributed by atoms with Gasteiger partial charge in [-0.15, -0.1) is 0 Å². The maximum atomic E-state index is 9.18. The summed E-state index contributed by atoms with van der Waals surface area (Å²) in [5.41, 5.74) is 1.23. The van der Waals surface area contributed by atoms with Crippen LogP contribution in [0.25, 0.3) is 0 Å². The van der Waals surface area contributed by atoms with Crippen LogP contribution in [-0.4, -0.2) is 30.9 Å². The Hall–Kier alpha value is -1.06. The first-order valence-electron chi connectivity index (χ1n) is 6.66. The predicted molar refractivity (Wildman–Crippen MR) is 75.1 cm³/mol. The van der Waals surface area contributed by atoms with Crippen LogP contribution in [0.1, 0.15) is 32.3 Å². The molecule has 0 radical (unpaired) electrons. The van der Waals surface area contributed by atoms with Crippen molar-refractivity contribution in [1.82, 2.24) is 5.32 Å². The molecule has 1 aromatic rings. The molecular weight excluding hydrogens is 226 g/mol. The molecule has 0 fully saturated rings. The Labute approximate surface area is 110 Å². The summed E-state index contributed by atoms with van der Waals surface area (Å²) in [5, 5.41) is 12.6. The molecule has 0 aliphatic heterocycles. The van der Waals surface area contributed by atoms with E-state index in [0.29, 0.717) is 6.04 Å². The second-order valence-electron chi connectivity index (χ2n) is 4.86. The number of rotatable bonds is 8. The SMILES string of the molecule is COc1ccccc1CC(C)NCCCC(C)O. The third-order valence-corrected chi connectivity index (χ3v) is 3.01. The fourth-order valence-electron chi connectivity index (χ4n) is 2.02. The van der Waals surface area contributed by atoms with E-state index in [0.717, 1.165) is 31.6 Å². The lowest BCUT2D eigenvalue weighted by molar-refractivity contribution is 0.181. The van der Waals surface area contributed by atoms with E-state index in [1.807, 2.05) is 25.1 Å². The van der Waals surface area contributed by atoms with Crippen molar-refractivity contribution >= 4 is 0 Å². The topological polar surface area (TPSA) is 41.5 Å². The molecule has 3 heteroatoms. The zero-order valence-electron chi connectivity index (χ0n) is 11.6. The lowest BCUT2D eigenvalue weighted by Gasteiger charge is -2.16. The molecule has 1 aromatic carbocycles. The molecular formula is C15H25NO2. The summed E-state index contributed by atoms with van der Waals surface area (Å²) in [6, 6.07) is 8.54. The second kappa shape index (κ2) is 8.11. The molecule has 3 nitrogen and oxygen atoms in total. The van der Waals surface area contributed by atoms with Gasteiger partial charge in [-0.05, 0) is 51.3 Å². The molecule has 0 aliphatic rings. The normalized spacial score (nSPS) is 14.2. The summed E-state index contributed by atoms with van der Waals surface area (Å²) in [7, 11) is 1.71. The van der Waals surface area contributed by atoms with Crippen LogP contribution in [0.2, 0.25) is 0 Å². The fourth-order valence-corrected chi connectivity index (χ4v) is 2.02. The van der Waals surface area contributed by atoms with Crippen molar-refractivity contribution in [2.45, 2.75) is 45.3 Å². The minimum atomic E-state index is -0.198. The molecule has 102 valence electrons. The Morgan fingerprint density at radius 2 is 2.00 bits per heavy atom. The highest BCUT2D eigenvalue weighted by atomic mass is 16.5. The van der Waals surface area contributed by atoms with Gasteiger partial charge >= 0.3 is 0 Å². The van der Waals surface area contributed by atoms with Gasteiger partial charge in [0.25, 0.3) is 0 Å². The van der Waals surface area contributed by atoms with Gasteiger partial charge in [0.05, 0.1) is 13.2 Å². The van der Waals surface area contributed by atoms with E-state index in [1.165, 1.54) is 5.56 Å². The number of methoxy groups -OCH3 is 1. The van der Waals surface area contributed by atoms with E-state index < -0.39 is 0 Å². The third kappa shape index (κ3) is 5.52. The first-order valence-corrected chi connectivity index (χ1v) is 6.66. The highest BCUT2D eigenvalue weighted by Gasteiger charge is 2.07. The highest BCUT2D eigenvalue weighted by Crippen LogP contribution is 2.18. The van der Waals surface area contributed by atoms with Crippen molar-refractivity contribution in [2.24, 2.45) is 0 Å². The summed E-state index contributed by atoms with van der Waals surface area (Å²) >= 11 is 0. The summed E-state index contributed by atoms with van der Waals surface area (Å²) in [6.07, 6.45) is 2.62. The van der Waals surface area contributed by atoms with Crippen molar-refractivity contribution in [3.05, 3.63) is 29.8 Å². The van der Waals surface area contributed by atoms with E-state index in [1.54, 1.807) is 7.11 Å². The molecule has 0 aliphatic carbocycles. The standard InChI is InChI=1S/C15H25NO2/c1-12(16-10-6-7-13(2)17)11-14-8-4-5-9-15(14)18-3/h4-5,8-9,12-13,16-17H,6-7,10-11H2,1-3H3. The van der Waals surface area contributed by atoms with Crippen LogP contribution in [0.15, 0.2) is 24.3 Å². The quantitative estimate of drug-likeness (QED) is 0.697. The van der Waals surface area contributed by atoms with Crippen LogP contribution in [0, 0.1) is 0 Å². The van der Waals surface area contributed by atoms with Crippen LogP contribution in [0.5, 0.6) is 5.75 Å². The second-order valence-corrected chi connectivity index (χ2v) is 4.86. The fraction of sp³-hybridized carbons (Fsp3) is 0.600. The Morgan fingerprint density at radius 1 is 1.28 bits per heavy atom. The van der Waals surface area contributed by atoms with Crippen molar-refractivity contribution in [3.63, 3.8) is 0 Å². The first kappa shape index (κ1) is 15.0. The highest BCUT2D eigenvalue weighted by molar-refractivity contribution is 5.33. The molecule has 2 unspecified atom stereocenters. The molecule has 0 saturated heterocycles. The minimum Gasteiger partial charge on any atom is -0.496 e. The maximum absolute atomic E-state index is 9.18. The molecule has 2 N–H and O–H groups in total. The Kier molecular flexibility index (Phi) is 6.76. The monoisotopic (exact) mass is 251 g/mol. The van der Waals surface area contributed by atoms with E-state index in [4.69, 9.17) is 4.74 Å². The van der Waals surface area contributed by atoms with Crippen LogP contribution in [-0.2, 0) is 6.42 Å². The van der Waals surface area contributed by atoms with Crippen LogP contribution in [0.3, 0.4) is 0 Å².